The Balaban J connectivity index is 1.75. The number of rotatable bonds is 9. The summed E-state index contributed by atoms with van der Waals surface area (Å²) in [6, 6.07) is 11.8. The zero-order chi connectivity index (χ0) is 25.6. The number of unbranched alkanes of at least 4 members (excludes halogenated alkanes) is 3. The highest BCUT2D eigenvalue weighted by molar-refractivity contribution is 5.83. The lowest BCUT2D eigenvalue weighted by Gasteiger charge is -2.11. The van der Waals surface area contributed by atoms with Gasteiger partial charge in [0.1, 0.15) is 22.9 Å². The lowest BCUT2D eigenvalue weighted by Crippen LogP contribution is -2.11. The van der Waals surface area contributed by atoms with Crippen LogP contribution in [0.4, 0.5) is 30.7 Å². The normalized spacial score (nSPS) is 12.5. The summed E-state index contributed by atoms with van der Waals surface area (Å²) in [7, 11) is 0. The maximum Gasteiger partial charge on any atom is 0.422 e. The largest absolute Gasteiger partial charge is 0.494 e. The van der Waals surface area contributed by atoms with Gasteiger partial charge in [0, 0.05) is 11.1 Å². The molecule has 0 spiro atoms. The van der Waals surface area contributed by atoms with Crippen LogP contribution in [0, 0.1) is 11.6 Å². The highest BCUT2D eigenvalue weighted by Crippen LogP contribution is 2.36. The van der Waals surface area contributed by atoms with E-state index in [-0.39, 0.29) is 22.3 Å². The predicted octanol–water partition coefficient (Wildman–Crippen LogP) is 9.37. The van der Waals surface area contributed by atoms with Crippen molar-refractivity contribution in [2.75, 3.05) is 6.61 Å². The number of hydrogen-bond donors (Lipinski definition) is 0. The van der Waals surface area contributed by atoms with Crippen LogP contribution in [-0.4, -0.2) is 6.61 Å². The number of ether oxygens (including phenoxy) is 1. The van der Waals surface area contributed by atoms with Crippen molar-refractivity contribution in [2.24, 2.45) is 0 Å². The maximum atomic E-state index is 14.7. The van der Waals surface area contributed by atoms with E-state index in [1.807, 2.05) is 0 Å². The summed E-state index contributed by atoms with van der Waals surface area (Å²) in [6.45, 7) is 2.64. The second-order valence-electron chi connectivity index (χ2n) is 7.95. The Kier molecular flexibility index (Phi) is 8.59. The minimum atomic E-state index is -5.18. The standard InChI is InChI=1S/C27H23F7O/c1-2-3-4-5-14-35-21-12-10-19(11-13-21)26(31)25(30)18-8-6-17(7-9-18)20-15-22(28)24(23(29)16-20)27(32,33)34/h6-13,15-16H,2-5,14H2,1H3. The van der Waals surface area contributed by atoms with E-state index in [0.29, 0.717) is 24.5 Å². The molecule has 0 saturated heterocycles. The highest BCUT2D eigenvalue weighted by Gasteiger charge is 2.38. The molecule has 0 bridgehead atoms. The minimum Gasteiger partial charge on any atom is -0.494 e. The third-order valence-electron chi connectivity index (χ3n) is 5.36. The van der Waals surface area contributed by atoms with E-state index in [1.165, 1.54) is 36.4 Å². The molecule has 3 rings (SSSR count). The molecule has 0 radical (unpaired) electrons. The van der Waals surface area contributed by atoms with Gasteiger partial charge in [-0.1, -0.05) is 50.5 Å². The summed E-state index contributed by atoms with van der Waals surface area (Å²) in [5.41, 5.74) is -2.17. The number of hydrogen-bond acceptors (Lipinski definition) is 1. The van der Waals surface area contributed by atoms with Crippen LogP contribution in [0.25, 0.3) is 22.8 Å². The van der Waals surface area contributed by atoms with Gasteiger partial charge in [-0.3, -0.25) is 0 Å². The molecular weight excluding hydrogens is 473 g/mol. The fourth-order valence-corrected chi connectivity index (χ4v) is 3.49. The summed E-state index contributed by atoms with van der Waals surface area (Å²) in [6.07, 6.45) is -0.989. The van der Waals surface area contributed by atoms with Gasteiger partial charge >= 0.3 is 6.18 Å². The first kappa shape index (κ1) is 26.3. The van der Waals surface area contributed by atoms with Crippen LogP contribution in [0.2, 0.25) is 0 Å². The average Bonchev–Trinajstić information content (AvgIpc) is 2.82. The zero-order valence-electron chi connectivity index (χ0n) is 18.9. The van der Waals surface area contributed by atoms with Crippen LogP contribution in [0.15, 0.2) is 60.7 Å². The van der Waals surface area contributed by atoms with Gasteiger partial charge in [0.25, 0.3) is 0 Å². The van der Waals surface area contributed by atoms with Crippen molar-refractivity contribution in [2.45, 2.75) is 38.8 Å². The van der Waals surface area contributed by atoms with Crippen molar-refractivity contribution in [3.63, 3.8) is 0 Å². The molecule has 0 fully saturated rings. The Morgan fingerprint density at radius 3 is 1.71 bits per heavy atom. The van der Waals surface area contributed by atoms with Gasteiger partial charge < -0.3 is 4.74 Å². The minimum absolute atomic E-state index is 0.00297. The molecule has 1 nitrogen and oxygen atoms in total. The lowest BCUT2D eigenvalue weighted by atomic mass is 10.0. The molecule has 3 aromatic carbocycles. The molecular formula is C27H23F7O. The molecule has 3 aromatic rings. The SMILES string of the molecule is CCCCCCOc1ccc(C(F)=C(F)c2ccc(-c3cc(F)c(C(F)(F)F)c(F)c3)cc2)cc1. The molecule has 0 aromatic heterocycles. The Morgan fingerprint density at radius 1 is 0.714 bits per heavy atom. The molecule has 0 heterocycles. The third kappa shape index (κ3) is 6.65. The van der Waals surface area contributed by atoms with Crippen molar-refractivity contribution in [3.05, 3.63) is 89.0 Å². The number of benzene rings is 3. The van der Waals surface area contributed by atoms with Gasteiger partial charge in [-0.05, 0) is 53.9 Å². The van der Waals surface area contributed by atoms with Gasteiger partial charge in [0.05, 0.1) is 6.61 Å². The molecule has 0 aliphatic rings. The van der Waals surface area contributed by atoms with Crippen LogP contribution < -0.4 is 4.74 Å². The summed E-state index contributed by atoms with van der Waals surface area (Å²) in [5, 5.41) is 0. The molecule has 8 heteroatoms. The molecule has 186 valence electrons. The number of halogens is 7. The summed E-state index contributed by atoms with van der Waals surface area (Å²) >= 11 is 0. The van der Waals surface area contributed by atoms with Crippen LogP contribution in [-0.2, 0) is 6.18 Å². The Morgan fingerprint density at radius 2 is 1.23 bits per heavy atom. The first-order chi connectivity index (χ1) is 16.6. The Hall–Kier alpha value is -3.29. The van der Waals surface area contributed by atoms with E-state index in [0.717, 1.165) is 25.7 Å². The van der Waals surface area contributed by atoms with E-state index in [9.17, 15) is 30.7 Å². The fraction of sp³-hybridized carbons (Fsp3) is 0.259. The second kappa shape index (κ2) is 11.4. The van der Waals surface area contributed by atoms with E-state index in [4.69, 9.17) is 4.74 Å². The zero-order valence-corrected chi connectivity index (χ0v) is 18.9. The van der Waals surface area contributed by atoms with Crippen LogP contribution in [0.1, 0.15) is 49.3 Å². The molecule has 0 atom stereocenters. The van der Waals surface area contributed by atoms with E-state index >= 15 is 0 Å². The van der Waals surface area contributed by atoms with Crippen molar-refractivity contribution in [3.8, 4) is 16.9 Å². The second-order valence-corrected chi connectivity index (χ2v) is 7.95. The quantitative estimate of drug-likeness (QED) is 0.163. The Bertz CT molecular complexity index is 1140. The van der Waals surface area contributed by atoms with E-state index < -0.39 is 35.0 Å². The third-order valence-corrected chi connectivity index (χ3v) is 5.36. The van der Waals surface area contributed by atoms with Gasteiger partial charge in [-0.25, -0.2) is 17.6 Å². The molecule has 0 unspecified atom stereocenters. The maximum absolute atomic E-state index is 14.7. The summed E-state index contributed by atoms with van der Waals surface area (Å²) in [4.78, 5) is 0. The fourth-order valence-electron chi connectivity index (χ4n) is 3.49. The number of alkyl halides is 3. The molecule has 35 heavy (non-hydrogen) atoms. The molecule has 0 aliphatic carbocycles. The lowest BCUT2D eigenvalue weighted by molar-refractivity contribution is -0.142. The van der Waals surface area contributed by atoms with Gasteiger partial charge in [0.15, 0.2) is 11.7 Å². The summed E-state index contributed by atoms with van der Waals surface area (Å²) < 4.78 is 101. The molecule has 0 amide bonds. The first-order valence-electron chi connectivity index (χ1n) is 11.1. The summed E-state index contributed by atoms with van der Waals surface area (Å²) in [5.74, 6) is -5.25. The molecule has 0 saturated carbocycles. The average molecular weight is 496 g/mol. The first-order valence-corrected chi connectivity index (χ1v) is 11.1. The van der Waals surface area contributed by atoms with E-state index in [1.54, 1.807) is 12.1 Å². The Labute approximate surface area is 198 Å². The van der Waals surface area contributed by atoms with Crippen molar-refractivity contribution in [1.82, 2.24) is 0 Å². The predicted molar refractivity (Wildman–Crippen MR) is 122 cm³/mol. The molecule has 0 aliphatic heterocycles. The van der Waals surface area contributed by atoms with Gasteiger partial charge in [-0.2, -0.15) is 13.2 Å². The molecule has 0 N–H and O–H groups in total. The van der Waals surface area contributed by atoms with Crippen LogP contribution >= 0.6 is 0 Å². The monoisotopic (exact) mass is 496 g/mol. The van der Waals surface area contributed by atoms with E-state index in [2.05, 4.69) is 6.92 Å². The highest BCUT2D eigenvalue weighted by atomic mass is 19.4. The van der Waals surface area contributed by atoms with Crippen LogP contribution in [0.5, 0.6) is 5.75 Å². The van der Waals surface area contributed by atoms with Crippen molar-refractivity contribution in [1.29, 1.82) is 0 Å². The smallest absolute Gasteiger partial charge is 0.422 e. The van der Waals surface area contributed by atoms with Gasteiger partial charge in [0.2, 0.25) is 0 Å². The van der Waals surface area contributed by atoms with Crippen LogP contribution in [0.3, 0.4) is 0 Å². The van der Waals surface area contributed by atoms with Crippen molar-refractivity contribution >= 4 is 11.7 Å². The van der Waals surface area contributed by atoms with Gasteiger partial charge in [-0.15, -0.1) is 0 Å². The topological polar surface area (TPSA) is 9.23 Å². The van der Waals surface area contributed by atoms with Crippen molar-refractivity contribution < 1.29 is 35.5 Å².